The van der Waals surface area contributed by atoms with Gasteiger partial charge in [-0.25, -0.2) is 13.4 Å². The third-order valence-electron chi connectivity index (χ3n) is 2.78. The van der Waals surface area contributed by atoms with Gasteiger partial charge in [0.1, 0.15) is 10.5 Å². The van der Waals surface area contributed by atoms with Crippen molar-refractivity contribution in [2.45, 2.75) is 4.90 Å². The number of hydrogen-bond acceptors (Lipinski definition) is 3. The summed E-state index contributed by atoms with van der Waals surface area (Å²) < 4.78 is 27.3. The first-order valence-electron chi connectivity index (χ1n) is 5.77. The van der Waals surface area contributed by atoms with Crippen LogP contribution in [0.25, 0.3) is 11.0 Å². The van der Waals surface area contributed by atoms with E-state index in [-0.39, 0.29) is 4.90 Å². The number of fused-ring (bicyclic) bond motifs is 1. The molecule has 0 aliphatic heterocycles. The highest BCUT2D eigenvalue weighted by molar-refractivity contribution is 7.93. The fraction of sp³-hybridized carbons (Fsp3) is 0. The monoisotopic (exact) mass is 307 g/mol. The average molecular weight is 308 g/mol. The molecule has 0 unspecified atom stereocenters. The standard InChI is InChI=1S/C13H10ClN3O2S/c14-9-3-1-4-10(7-9)17-20(18,19)12-8-16-13-11(12)5-2-6-15-13/h1-8,17H,(H,15,16). The van der Waals surface area contributed by atoms with E-state index in [0.717, 1.165) is 0 Å². The molecule has 2 heterocycles. The van der Waals surface area contributed by atoms with Gasteiger partial charge in [-0.15, -0.1) is 0 Å². The van der Waals surface area contributed by atoms with Crippen molar-refractivity contribution in [1.82, 2.24) is 9.97 Å². The van der Waals surface area contributed by atoms with Gasteiger partial charge in [0.05, 0.1) is 5.69 Å². The molecule has 5 nitrogen and oxygen atoms in total. The highest BCUT2D eigenvalue weighted by Crippen LogP contribution is 2.24. The first-order valence-corrected chi connectivity index (χ1v) is 7.63. The molecule has 2 aromatic heterocycles. The Balaban J connectivity index is 2.04. The summed E-state index contributed by atoms with van der Waals surface area (Å²) in [6.45, 7) is 0. The number of anilines is 1. The SMILES string of the molecule is O=S(=O)(Nc1cccc(Cl)c1)c1c[nH]c2ncccc12. The normalized spacial score (nSPS) is 11.7. The number of halogens is 1. The number of nitrogens with one attached hydrogen (secondary N) is 2. The van der Waals surface area contributed by atoms with Gasteiger partial charge in [0.15, 0.2) is 0 Å². The molecule has 3 aromatic rings. The van der Waals surface area contributed by atoms with Crippen molar-refractivity contribution in [3.8, 4) is 0 Å². The van der Waals surface area contributed by atoms with E-state index in [0.29, 0.717) is 21.7 Å². The van der Waals surface area contributed by atoms with Gasteiger partial charge in [-0.3, -0.25) is 4.72 Å². The van der Waals surface area contributed by atoms with E-state index in [4.69, 9.17) is 11.6 Å². The number of benzene rings is 1. The van der Waals surface area contributed by atoms with Crippen LogP contribution in [0.4, 0.5) is 5.69 Å². The second-order valence-corrected chi connectivity index (χ2v) is 6.26. The summed E-state index contributed by atoms with van der Waals surface area (Å²) in [5, 5.41) is 1.01. The fourth-order valence-corrected chi connectivity index (χ4v) is 3.32. The Hall–Kier alpha value is -2.05. The first kappa shape index (κ1) is 13.0. The molecule has 0 aliphatic rings. The lowest BCUT2D eigenvalue weighted by Gasteiger charge is -2.07. The Morgan fingerprint density at radius 1 is 1.20 bits per heavy atom. The lowest BCUT2D eigenvalue weighted by Crippen LogP contribution is -2.12. The van der Waals surface area contributed by atoms with Crippen LogP contribution in [-0.4, -0.2) is 18.4 Å². The van der Waals surface area contributed by atoms with Crippen LogP contribution in [0.2, 0.25) is 5.02 Å². The predicted molar refractivity (Wildman–Crippen MR) is 78.4 cm³/mol. The second-order valence-electron chi connectivity index (χ2n) is 4.17. The highest BCUT2D eigenvalue weighted by Gasteiger charge is 2.19. The molecule has 0 spiro atoms. The molecule has 0 aliphatic carbocycles. The molecule has 0 saturated carbocycles. The van der Waals surface area contributed by atoms with Crippen LogP contribution in [0.1, 0.15) is 0 Å². The summed E-state index contributed by atoms with van der Waals surface area (Å²) >= 11 is 5.84. The largest absolute Gasteiger partial charge is 0.345 e. The molecule has 0 bridgehead atoms. The van der Waals surface area contributed by atoms with Gasteiger partial charge >= 0.3 is 0 Å². The lowest BCUT2D eigenvalue weighted by atomic mass is 10.3. The second kappa shape index (κ2) is 4.81. The molecular weight excluding hydrogens is 298 g/mol. The molecule has 0 amide bonds. The topological polar surface area (TPSA) is 74.8 Å². The molecule has 0 saturated heterocycles. The number of hydrogen-bond donors (Lipinski definition) is 2. The zero-order chi connectivity index (χ0) is 14.2. The number of rotatable bonds is 3. The van der Waals surface area contributed by atoms with Crippen LogP contribution in [-0.2, 0) is 10.0 Å². The van der Waals surface area contributed by atoms with Gasteiger partial charge in [0.2, 0.25) is 0 Å². The minimum absolute atomic E-state index is 0.153. The number of sulfonamides is 1. The zero-order valence-corrected chi connectivity index (χ0v) is 11.7. The van der Waals surface area contributed by atoms with Crippen LogP contribution in [0.5, 0.6) is 0 Å². The van der Waals surface area contributed by atoms with Crippen molar-refractivity contribution in [3.05, 3.63) is 53.8 Å². The van der Waals surface area contributed by atoms with E-state index in [9.17, 15) is 8.42 Å². The molecule has 0 fully saturated rings. The van der Waals surface area contributed by atoms with Crippen molar-refractivity contribution in [3.63, 3.8) is 0 Å². The van der Waals surface area contributed by atoms with Crippen LogP contribution in [0.15, 0.2) is 53.7 Å². The van der Waals surface area contributed by atoms with E-state index in [1.54, 1.807) is 42.6 Å². The van der Waals surface area contributed by atoms with Crippen molar-refractivity contribution in [2.24, 2.45) is 0 Å². The van der Waals surface area contributed by atoms with E-state index in [1.807, 2.05) is 0 Å². The molecule has 20 heavy (non-hydrogen) atoms. The number of pyridine rings is 1. The predicted octanol–water partition coefficient (Wildman–Crippen LogP) is 3.02. The van der Waals surface area contributed by atoms with E-state index in [2.05, 4.69) is 14.7 Å². The van der Waals surface area contributed by atoms with Gasteiger partial charge < -0.3 is 4.98 Å². The van der Waals surface area contributed by atoms with Crippen molar-refractivity contribution in [2.75, 3.05) is 4.72 Å². The molecule has 102 valence electrons. The first-order chi connectivity index (χ1) is 9.56. The van der Waals surface area contributed by atoms with E-state index < -0.39 is 10.0 Å². The minimum Gasteiger partial charge on any atom is -0.345 e. The Morgan fingerprint density at radius 3 is 2.85 bits per heavy atom. The van der Waals surface area contributed by atoms with Crippen LogP contribution >= 0.6 is 11.6 Å². The van der Waals surface area contributed by atoms with Crippen LogP contribution in [0.3, 0.4) is 0 Å². The van der Waals surface area contributed by atoms with Crippen LogP contribution < -0.4 is 4.72 Å². The Bertz CT molecular complexity index is 874. The van der Waals surface area contributed by atoms with Crippen molar-refractivity contribution >= 4 is 38.3 Å². The van der Waals surface area contributed by atoms with Crippen LogP contribution in [0, 0.1) is 0 Å². The number of aromatic nitrogens is 2. The molecule has 1 aromatic carbocycles. The van der Waals surface area contributed by atoms with Crippen molar-refractivity contribution < 1.29 is 8.42 Å². The summed E-state index contributed by atoms with van der Waals surface area (Å²) in [6, 6.07) is 9.93. The molecule has 0 radical (unpaired) electrons. The zero-order valence-electron chi connectivity index (χ0n) is 10.2. The summed E-state index contributed by atoms with van der Waals surface area (Å²) in [4.78, 5) is 7.06. The molecule has 7 heteroatoms. The Kier molecular flexibility index (Phi) is 3.11. The smallest absolute Gasteiger partial charge is 0.264 e. The maximum atomic E-state index is 12.4. The highest BCUT2D eigenvalue weighted by atomic mass is 35.5. The summed E-state index contributed by atoms with van der Waals surface area (Å²) in [5.41, 5.74) is 0.940. The quantitative estimate of drug-likeness (QED) is 0.781. The van der Waals surface area contributed by atoms with Gasteiger partial charge in [-0.1, -0.05) is 17.7 Å². The van der Waals surface area contributed by atoms with E-state index in [1.165, 1.54) is 6.20 Å². The average Bonchev–Trinajstić information content (AvgIpc) is 2.82. The molecule has 0 atom stereocenters. The summed E-state index contributed by atoms with van der Waals surface area (Å²) in [7, 11) is -3.69. The maximum Gasteiger partial charge on any atom is 0.264 e. The van der Waals surface area contributed by atoms with Gasteiger partial charge in [0.25, 0.3) is 10.0 Å². The minimum atomic E-state index is -3.69. The third kappa shape index (κ3) is 2.35. The molecule has 3 rings (SSSR count). The number of H-pyrrole nitrogens is 1. The Labute approximate surface area is 120 Å². The van der Waals surface area contributed by atoms with Gasteiger partial charge in [-0.2, -0.15) is 0 Å². The number of nitrogens with zero attached hydrogens (tertiary/aromatic N) is 1. The maximum absolute atomic E-state index is 12.4. The van der Waals surface area contributed by atoms with Gasteiger partial charge in [-0.05, 0) is 30.3 Å². The Morgan fingerprint density at radius 2 is 2.05 bits per heavy atom. The summed E-state index contributed by atoms with van der Waals surface area (Å²) in [6.07, 6.45) is 3.02. The summed E-state index contributed by atoms with van der Waals surface area (Å²) in [5.74, 6) is 0. The van der Waals surface area contributed by atoms with Crippen molar-refractivity contribution in [1.29, 1.82) is 0 Å². The molecular formula is C13H10ClN3O2S. The third-order valence-corrected chi connectivity index (χ3v) is 4.44. The lowest BCUT2D eigenvalue weighted by molar-refractivity contribution is 0.602. The van der Waals surface area contributed by atoms with Gasteiger partial charge in [0, 0.05) is 22.8 Å². The van der Waals surface area contributed by atoms with E-state index >= 15 is 0 Å². The molecule has 2 N–H and O–H groups in total. The number of aromatic amines is 1. The fourth-order valence-electron chi connectivity index (χ4n) is 1.92.